The topological polar surface area (TPSA) is 92.3 Å². The summed E-state index contributed by atoms with van der Waals surface area (Å²) in [6.07, 6.45) is 4.98. The smallest absolute Gasteiger partial charge is 0.246 e. The minimum Gasteiger partial charge on any atom is -0.299 e. The maximum atomic E-state index is 12.3. The van der Waals surface area contributed by atoms with E-state index in [4.69, 9.17) is 0 Å². The van der Waals surface area contributed by atoms with Crippen molar-refractivity contribution in [1.29, 1.82) is 0 Å². The van der Waals surface area contributed by atoms with Gasteiger partial charge in [-0.05, 0) is 18.6 Å². The molecule has 0 spiro atoms. The molecule has 2 atom stereocenters. The van der Waals surface area contributed by atoms with E-state index in [2.05, 4.69) is 15.5 Å². The SMILES string of the molecule is CCSc1nnc(NC(=O)CN2C(=O)[C@H]3CC=CC[C@@H]3C2=O)s1. The minimum absolute atomic E-state index is 0.251. The zero-order valence-corrected chi connectivity index (χ0v) is 14.2. The van der Waals surface area contributed by atoms with Crippen molar-refractivity contribution in [2.75, 3.05) is 17.6 Å². The third-order valence-electron chi connectivity index (χ3n) is 3.82. The summed E-state index contributed by atoms with van der Waals surface area (Å²) in [6, 6.07) is 0. The second kappa shape index (κ2) is 6.79. The van der Waals surface area contributed by atoms with Crippen LogP contribution in [0.15, 0.2) is 16.5 Å². The number of carbonyl (C=O) groups excluding carboxylic acids is 3. The monoisotopic (exact) mass is 352 g/mol. The molecule has 1 aliphatic heterocycles. The maximum Gasteiger partial charge on any atom is 0.246 e. The first-order valence-corrected chi connectivity index (χ1v) is 9.16. The van der Waals surface area contributed by atoms with E-state index in [9.17, 15) is 14.4 Å². The molecule has 1 N–H and O–H groups in total. The lowest BCUT2D eigenvalue weighted by molar-refractivity contribution is -0.142. The number of fused-ring (bicyclic) bond motifs is 1. The normalized spacial score (nSPS) is 23.3. The number of nitrogens with one attached hydrogen (secondary N) is 1. The molecule has 3 amide bonds. The van der Waals surface area contributed by atoms with Gasteiger partial charge in [-0.15, -0.1) is 10.2 Å². The van der Waals surface area contributed by atoms with Crippen molar-refractivity contribution in [1.82, 2.24) is 15.1 Å². The molecular formula is C14H16N4O3S2. The molecule has 0 radical (unpaired) electrons. The number of allylic oxidation sites excluding steroid dienone is 2. The van der Waals surface area contributed by atoms with Crippen LogP contribution < -0.4 is 5.32 Å². The first-order chi connectivity index (χ1) is 11.1. The van der Waals surface area contributed by atoms with Gasteiger partial charge in [-0.25, -0.2) is 0 Å². The second-order valence-electron chi connectivity index (χ2n) is 5.27. The lowest BCUT2D eigenvalue weighted by Gasteiger charge is -2.14. The molecule has 1 fully saturated rings. The molecule has 0 saturated carbocycles. The van der Waals surface area contributed by atoms with E-state index in [-0.39, 0.29) is 30.2 Å². The van der Waals surface area contributed by atoms with E-state index < -0.39 is 5.91 Å². The average molecular weight is 352 g/mol. The first kappa shape index (κ1) is 16.1. The zero-order valence-electron chi connectivity index (χ0n) is 12.5. The summed E-state index contributed by atoms with van der Waals surface area (Å²) >= 11 is 2.81. The summed E-state index contributed by atoms with van der Waals surface area (Å²) in [5.41, 5.74) is 0. The third kappa shape index (κ3) is 3.30. The van der Waals surface area contributed by atoms with Crippen LogP contribution in [0.5, 0.6) is 0 Å². The van der Waals surface area contributed by atoms with Gasteiger partial charge in [-0.3, -0.25) is 24.6 Å². The Morgan fingerprint density at radius 1 is 1.30 bits per heavy atom. The zero-order chi connectivity index (χ0) is 16.4. The van der Waals surface area contributed by atoms with Gasteiger partial charge in [0.25, 0.3) is 0 Å². The van der Waals surface area contributed by atoms with Gasteiger partial charge >= 0.3 is 0 Å². The largest absolute Gasteiger partial charge is 0.299 e. The Labute approximate surface area is 141 Å². The molecule has 1 saturated heterocycles. The van der Waals surface area contributed by atoms with Gasteiger partial charge in [0.1, 0.15) is 6.54 Å². The predicted octanol–water partition coefficient (Wildman–Crippen LogP) is 1.54. The van der Waals surface area contributed by atoms with Crippen LogP contribution in [0.2, 0.25) is 0 Å². The second-order valence-corrected chi connectivity index (χ2v) is 7.76. The van der Waals surface area contributed by atoms with Crippen LogP contribution in [0.3, 0.4) is 0 Å². The fourth-order valence-corrected chi connectivity index (χ4v) is 4.43. The summed E-state index contributed by atoms with van der Waals surface area (Å²) < 4.78 is 0.771. The van der Waals surface area contributed by atoms with E-state index in [0.29, 0.717) is 18.0 Å². The number of thioether (sulfide) groups is 1. The summed E-state index contributed by atoms with van der Waals surface area (Å²) in [5.74, 6) is -0.680. The van der Waals surface area contributed by atoms with Crippen LogP contribution >= 0.6 is 23.1 Å². The molecule has 0 aromatic carbocycles. The van der Waals surface area contributed by atoms with Gasteiger partial charge in [0.15, 0.2) is 4.34 Å². The minimum atomic E-state index is -0.428. The Bertz CT molecular complexity index is 647. The highest BCUT2D eigenvalue weighted by atomic mass is 32.2. The summed E-state index contributed by atoms with van der Waals surface area (Å²) in [4.78, 5) is 37.7. The molecule has 23 heavy (non-hydrogen) atoms. The Kier molecular flexibility index (Phi) is 4.76. The Balaban J connectivity index is 1.61. The van der Waals surface area contributed by atoms with E-state index in [1.807, 2.05) is 19.1 Å². The van der Waals surface area contributed by atoms with Gasteiger partial charge in [0.2, 0.25) is 22.9 Å². The quantitative estimate of drug-likeness (QED) is 0.374. The number of carbonyl (C=O) groups is 3. The van der Waals surface area contributed by atoms with Crippen LogP contribution in [0.4, 0.5) is 5.13 Å². The molecule has 0 bridgehead atoms. The van der Waals surface area contributed by atoms with Gasteiger partial charge in [-0.1, -0.05) is 42.2 Å². The molecule has 7 nitrogen and oxygen atoms in total. The lowest BCUT2D eigenvalue weighted by atomic mass is 9.85. The van der Waals surface area contributed by atoms with Crippen molar-refractivity contribution in [2.24, 2.45) is 11.8 Å². The molecule has 1 aromatic rings. The Hall–Kier alpha value is -1.74. The molecule has 1 aliphatic carbocycles. The fourth-order valence-electron chi connectivity index (χ4n) is 2.77. The van der Waals surface area contributed by atoms with Gasteiger partial charge in [0, 0.05) is 0 Å². The fraction of sp³-hybridized carbons (Fsp3) is 0.500. The molecule has 2 heterocycles. The van der Waals surface area contributed by atoms with E-state index in [1.54, 1.807) is 0 Å². The number of nitrogens with zero attached hydrogens (tertiary/aromatic N) is 3. The van der Waals surface area contributed by atoms with Crippen LogP contribution in [0.1, 0.15) is 19.8 Å². The van der Waals surface area contributed by atoms with Crippen molar-refractivity contribution in [3.05, 3.63) is 12.2 Å². The predicted molar refractivity (Wildman–Crippen MR) is 87.0 cm³/mol. The number of hydrogen-bond acceptors (Lipinski definition) is 7. The van der Waals surface area contributed by atoms with Crippen molar-refractivity contribution < 1.29 is 14.4 Å². The van der Waals surface area contributed by atoms with Gasteiger partial charge < -0.3 is 0 Å². The number of hydrogen-bond donors (Lipinski definition) is 1. The molecule has 0 unspecified atom stereocenters. The van der Waals surface area contributed by atoms with E-state index in [1.165, 1.54) is 23.1 Å². The van der Waals surface area contributed by atoms with E-state index >= 15 is 0 Å². The highest BCUT2D eigenvalue weighted by Gasteiger charge is 2.47. The van der Waals surface area contributed by atoms with Crippen molar-refractivity contribution in [2.45, 2.75) is 24.1 Å². The summed E-state index contributed by atoms with van der Waals surface area (Å²) in [7, 11) is 0. The van der Waals surface area contributed by atoms with Crippen LogP contribution in [-0.4, -0.2) is 45.1 Å². The number of likely N-dealkylation sites (tertiary alicyclic amines) is 1. The number of aromatic nitrogens is 2. The standard InChI is InChI=1S/C14H16N4O3S2/c1-2-22-14-17-16-13(23-14)15-10(19)7-18-11(20)8-5-3-4-6-9(8)12(18)21/h3-4,8-9H,2,5-7H2,1H3,(H,15,16,19)/t8-,9-/m0/s1. The molecular weight excluding hydrogens is 336 g/mol. The van der Waals surface area contributed by atoms with E-state index in [0.717, 1.165) is 15.0 Å². The van der Waals surface area contributed by atoms with Crippen molar-refractivity contribution in [3.63, 3.8) is 0 Å². The third-order valence-corrected chi connectivity index (χ3v) is 5.68. The number of amides is 3. The number of rotatable bonds is 5. The summed E-state index contributed by atoms with van der Waals surface area (Å²) in [5, 5.41) is 10.8. The maximum absolute atomic E-state index is 12.3. The number of anilines is 1. The first-order valence-electron chi connectivity index (χ1n) is 7.36. The number of imide groups is 1. The molecule has 2 aliphatic rings. The van der Waals surface area contributed by atoms with Crippen molar-refractivity contribution >= 4 is 46.0 Å². The highest BCUT2D eigenvalue weighted by Crippen LogP contribution is 2.35. The molecule has 9 heteroatoms. The summed E-state index contributed by atoms with van der Waals surface area (Å²) in [6.45, 7) is 1.74. The van der Waals surface area contributed by atoms with Crippen LogP contribution in [-0.2, 0) is 14.4 Å². The Morgan fingerprint density at radius 3 is 2.57 bits per heavy atom. The molecule has 3 rings (SSSR count). The van der Waals surface area contributed by atoms with Gasteiger partial charge in [-0.2, -0.15) is 0 Å². The van der Waals surface area contributed by atoms with Crippen LogP contribution in [0.25, 0.3) is 0 Å². The van der Waals surface area contributed by atoms with Crippen LogP contribution in [0, 0.1) is 11.8 Å². The van der Waals surface area contributed by atoms with Crippen molar-refractivity contribution in [3.8, 4) is 0 Å². The molecule has 1 aromatic heterocycles. The molecule has 122 valence electrons. The van der Waals surface area contributed by atoms with Gasteiger partial charge in [0.05, 0.1) is 11.8 Å². The average Bonchev–Trinajstić information content (AvgIpc) is 3.07. The Morgan fingerprint density at radius 2 is 1.96 bits per heavy atom. The lowest BCUT2D eigenvalue weighted by Crippen LogP contribution is -2.38. The highest BCUT2D eigenvalue weighted by molar-refractivity contribution is 8.01.